The molecule has 1 heterocycles. The van der Waals surface area contributed by atoms with Crippen molar-refractivity contribution in [2.75, 3.05) is 13.1 Å². The Morgan fingerprint density at radius 1 is 1.16 bits per heavy atom. The standard InChI is InChI=1S/C14H17NO3S/c1-11-7-9-15(10-8-11)19(17,18)14-5-3-13(4-6-14)12(2)16/h3-6H,1,7-10H2,2H3. The molecule has 1 saturated heterocycles. The fraction of sp³-hybridized carbons (Fsp3) is 0.357. The van der Waals surface area contributed by atoms with Crippen LogP contribution in [0.3, 0.4) is 0 Å². The molecule has 102 valence electrons. The molecule has 0 saturated carbocycles. The van der Waals surface area contributed by atoms with Crippen molar-refractivity contribution in [3.63, 3.8) is 0 Å². The molecule has 1 aromatic rings. The molecule has 1 aromatic carbocycles. The summed E-state index contributed by atoms with van der Waals surface area (Å²) in [5.41, 5.74) is 1.62. The van der Waals surface area contributed by atoms with Gasteiger partial charge in [0.2, 0.25) is 10.0 Å². The van der Waals surface area contributed by atoms with Gasteiger partial charge in [-0.1, -0.05) is 24.3 Å². The first-order valence-corrected chi connectivity index (χ1v) is 7.63. The Labute approximate surface area is 113 Å². The SMILES string of the molecule is C=C1CCN(S(=O)(=O)c2ccc(C(C)=O)cc2)CC1. The molecule has 1 fully saturated rings. The topological polar surface area (TPSA) is 54.5 Å². The monoisotopic (exact) mass is 279 g/mol. The van der Waals surface area contributed by atoms with Gasteiger partial charge >= 0.3 is 0 Å². The lowest BCUT2D eigenvalue weighted by Gasteiger charge is -2.27. The molecule has 0 aliphatic carbocycles. The predicted octanol–water partition coefficient (Wildman–Crippen LogP) is 2.23. The molecule has 19 heavy (non-hydrogen) atoms. The normalized spacial score (nSPS) is 17.4. The van der Waals surface area contributed by atoms with Gasteiger partial charge in [-0.15, -0.1) is 0 Å². The van der Waals surface area contributed by atoms with Crippen LogP contribution in [0.2, 0.25) is 0 Å². The van der Waals surface area contributed by atoms with Crippen LogP contribution in [-0.2, 0) is 10.0 Å². The minimum absolute atomic E-state index is 0.0711. The van der Waals surface area contributed by atoms with Crippen LogP contribution in [0.5, 0.6) is 0 Å². The van der Waals surface area contributed by atoms with E-state index in [4.69, 9.17) is 0 Å². The quantitative estimate of drug-likeness (QED) is 0.630. The molecule has 0 bridgehead atoms. The third-order valence-electron chi connectivity index (χ3n) is 3.33. The van der Waals surface area contributed by atoms with Gasteiger partial charge in [-0.05, 0) is 31.9 Å². The molecule has 0 N–H and O–H groups in total. The van der Waals surface area contributed by atoms with E-state index in [9.17, 15) is 13.2 Å². The molecule has 4 nitrogen and oxygen atoms in total. The molecule has 0 amide bonds. The molecule has 0 spiro atoms. The van der Waals surface area contributed by atoms with Crippen LogP contribution >= 0.6 is 0 Å². The van der Waals surface area contributed by atoms with E-state index in [1.807, 2.05) is 0 Å². The van der Waals surface area contributed by atoms with Crippen molar-refractivity contribution in [3.8, 4) is 0 Å². The van der Waals surface area contributed by atoms with Crippen molar-refractivity contribution in [3.05, 3.63) is 42.0 Å². The highest BCUT2D eigenvalue weighted by Gasteiger charge is 2.26. The highest BCUT2D eigenvalue weighted by atomic mass is 32.2. The first-order chi connectivity index (χ1) is 8.91. The van der Waals surface area contributed by atoms with Crippen molar-refractivity contribution in [2.24, 2.45) is 0 Å². The van der Waals surface area contributed by atoms with Crippen LogP contribution in [0.4, 0.5) is 0 Å². The van der Waals surface area contributed by atoms with Gasteiger partial charge in [0.15, 0.2) is 5.78 Å². The number of carbonyl (C=O) groups excluding carboxylic acids is 1. The predicted molar refractivity (Wildman–Crippen MR) is 73.6 cm³/mol. The van der Waals surface area contributed by atoms with E-state index in [-0.39, 0.29) is 10.7 Å². The fourth-order valence-corrected chi connectivity index (χ4v) is 3.49. The molecule has 1 aliphatic heterocycles. The summed E-state index contributed by atoms with van der Waals surface area (Å²) < 4.78 is 26.2. The zero-order valence-electron chi connectivity index (χ0n) is 10.9. The van der Waals surface area contributed by atoms with Gasteiger partial charge in [0.1, 0.15) is 0 Å². The number of Topliss-reactive ketones (excluding diaryl/α,β-unsaturated/α-hetero) is 1. The van der Waals surface area contributed by atoms with E-state index in [1.54, 1.807) is 12.1 Å². The highest BCUT2D eigenvalue weighted by Crippen LogP contribution is 2.22. The number of piperidine rings is 1. The zero-order valence-corrected chi connectivity index (χ0v) is 11.7. The molecule has 0 unspecified atom stereocenters. The molecule has 2 rings (SSSR count). The Morgan fingerprint density at radius 2 is 1.68 bits per heavy atom. The summed E-state index contributed by atoms with van der Waals surface area (Å²) in [6, 6.07) is 6.10. The van der Waals surface area contributed by atoms with Crippen molar-refractivity contribution >= 4 is 15.8 Å². The minimum atomic E-state index is -3.45. The molecule has 0 radical (unpaired) electrons. The third-order valence-corrected chi connectivity index (χ3v) is 5.24. The number of sulfonamides is 1. The maximum Gasteiger partial charge on any atom is 0.243 e. The average Bonchev–Trinajstić information content (AvgIpc) is 2.39. The Morgan fingerprint density at radius 3 is 2.16 bits per heavy atom. The zero-order chi connectivity index (χ0) is 14.0. The summed E-state index contributed by atoms with van der Waals surface area (Å²) in [6.45, 7) is 6.30. The molecule has 0 atom stereocenters. The van der Waals surface area contributed by atoms with Crippen LogP contribution in [0.15, 0.2) is 41.3 Å². The molecular weight excluding hydrogens is 262 g/mol. The van der Waals surface area contributed by atoms with Crippen LogP contribution in [0.1, 0.15) is 30.1 Å². The third kappa shape index (κ3) is 2.93. The summed E-state index contributed by atoms with van der Waals surface area (Å²) in [4.78, 5) is 11.4. The summed E-state index contributed by atoms with van der Waals surface area (Å²) in [5, 5.41) is 0. The summed E-state index contributed by atoms with van der Waals surface area (Å²) in [7, 11) is -3.45. The number of nitrogens with zero attached hydrogens (tertiary/aromatic N) is 1. The lowest BCUT2D eigenvalue weighted by molar-refractivity contribution is 0.101. The first-order valence-electron chi connectivity index (χ1n) is 6.19. The van der Waals surface area contributed by atoms with E-state index in [2.05, 4.69) is 6.58 Å². The van der Waals surface area contributed by atoms with Crippen molar-refractivity contribution in [1.82, 2.24) is 4.31 Å². The molecule has 0 aromatic heterocycles. The van der Waals surface area contributed by atoms with Gasteiger partial charge in [-0.3, -0.25) is 4.79 Å². The maximum absolute atomic E-state index is 12.4. The van der Waals surface area contributed by atoms with E-state index in [0.29, 0.717) is 31.5 Å². The average molecular weight is 279 g/mol. The second-order valence-electron chi connectivity index (χ2n) is 4.73. The summed E-state index contributed by atoms with van der Waals surface area (Å²) in [6.07, 6.45) is 1.43. The van der Waals surface area contributed by atoms with Crippen LogP contribution in [0.25, 0.3) is 0 Å². The summed E-state index contributed by atoms with van der Waals surface area (Å²) >= 11 is 0. The maximum atomic E-state index is 12.4. The first kappa shape index (κ1) is 14.0. The Hall–Kier alpha value is -1.46. The number of rotatable bonds is 3. The molecule has 5 heteroatoms. The van der Waals surface area contributed by atoms with Crippen LogP contribution in [-0.4, -0.2) is 31.6 Å². The smallest absolute Gasteiger partial charge is 0.243 e. The van der Waals surface area contributed by atoms with Crippen LogP contribution in [0, 0.1) is 0 Å². The minimum Gasteiger partial charge on any atom is -0.295 e. The number of benzene rings is 1. The van der Waals surface area contributed by atoms with Crippen LogP contribution < -0.4 is 0 Å². The highest BCUT2D eigenvalue weighted by molar-refractivity contribution is 7.89. The molecular formula is C14H17NO3S. The number of hydrogen-bond donors (Lipinski definition) is 0. The Balaban J connectivity index is 2.24. The largest absolute Gasteiger partial charge is 0.295 e. The Bertz CT molecular complexity index is 592. The lowest BCUT2D eigenvalue weighted by atomic mass is 10.1. The van der Waals surface area contributed by atoms with Crippen molar-refractivity contribution < 1.29 is 13.2 Å². The Kier molecular flexibility index (Phi) is 3.87. The second kappa shape index (κ2) is 5.27. The second-order valence-corrected chi connectivity index (χ2v) is 6.67. The number of ketones is 1. The van der Waals surface area contributed by atoms with E-state index >= 15 is 0 Å². The van der Waals surface area contributed by atoms with Gasteiger partial charge in [0, 0.05) is 18.7 Å². The van der Waals surface area contributed by atoms with E-state index in [0.717, 1.165) is 5.57 Å². The van der Waals surface area contributed by atoms with Gasteiger partial charge in [-0.25, -0.2) is 8.42 Å². The van der Waals surface area contributed by atoms with E-state index < -0.39 is 10.0 Å². The van der Waals surface area contributed by atoms with Gasteiger partial charge in [-0.2, -0.15) is 4.31 Å². The molecule has 1 aliphatic rings. The van der Waals surface area contributed by atoms with Gasteiger partial charge < -0.3 is 0 Å². The van der Waals surface area contributed by atoms with Crippen molar-refractivity contribution in [2.45, 2.75) is 24.7 Å². The summed E-state index contributed by atoms with van der Waals surface area (Å²) in [5.74, 6) is -0.0711. The van der Waals surface area contributed by atoms with E-state index in [1.165, 1.54) is 23.4 Å². The van der Waals surface area contributed by atoms with Crippen molar-refractivity contribution in [1.29, 1.82) is 0 Å². The van der Waals surface area contributed by atoms with Gasteiger partial charge in [0.25, 0.3) is 0 Å². The fourth-order valence-electron chi connectivity index (χ4n) is 2.05. The number of hydrogen-bond acceptors (Lipinski definition) is 3. The number of carbonyl (C=O) groups is 1. The lowest BCUT2D eigenvalue weighted by Crippen LogP contribution is -2.36. The van der Waals surface area contributed by atoms with Gasteiger partial charge in [0.05, 0.1) is 4.90 Å².